The molecule has 1 aliphatic heterocycles. The molecule has 0 spiro atoms. The van der Waals surface area contributed by atoms with E-state index in [2.05, 4.69) is 101 Å². The molecule has 3 rings (SSSR count). The first-order valence-corrected chi connectivity index (χ1v) is 16.7. The summed E-state index contributed by atoms with van der Waals surface area (Å²) in [6.45, 7) is 16.7. The smallest absolute Gasteiger partial charge is 0.493 e. The molecule has 2 aromatic rings. The molecule has 1 aliphatic rings. The maximum Gasteiger partial charge on any atom is 2.00 e. The Morgan fingerprint density at radius 3 is 2.05 bits per heavy atom. The Hall–Kier alpha value is -2.43. The van der Waals surface area contributed by atoms with Crippen molar-refractivity contribution in [3.63, 3.8) is 0 Å². The van der Waals surface area contributed by atoms with E-state index in [1.165, 1.54) is 79.2 Å². The van der Waals surface area contributed by atoms with Crippen LogP contribution in [0.3, 0.4) is 0 Å². The summed E-state index contributed by atoms with van der Waals surface area (Å²) >= 11 is 0. The van der Waals surface area contributed by atoms with Gasteiger partial charge < -0.3 is 19.4 Å². The van der Waals surface area contributed by atoms with Crippen molar-refractivity contribution in [2.45, 2.75) is 131 Å². The van der Waals surface area contributed by atoms with Crippen molar-refractivity contribution in [3.8, 4) is 11.8 Å². The molecule has 0 amide bonds. The maximum atomic E-state index is 11.6. The van der Waals surface area contributed by atoms with E-state index in [1.807, 2.05) is 0 Å². The number of nitrogens with zero attached hydrogens (tertiary/aromatic N) is 2. The van der Waals surface area contributed by atoms with E-state index < -0.39 is 0 Å². The SMILES string of the molecule is CCCCCCCC#CCCc1ccccc1C1=CC(CCCCC)=C(c2cccc(CCCC)c2)[N+]1=[N-].[CH2-]C.[CH2-]C.[Ni+2]. The third-order valence-electron chi connectivity index (χ3n) is 7.47. The van der Waals surface area contributed by atoms with Crippen LogP contribution in [0, 0.1) is 25.7 Å². The van der Waals surface area contributed by atoms with E-state index in [4.69, 9.17) is 0 Å². The fourth-order valence-corrected chi connectivity index (χ4v) is 5.24. The van der Waals surface area contributed by atoms with E-state index in [1.54, 1.807) is 13.8 Å². The van der Waals surface area contributed by atoms with Gasteiger partial charge in [-0.3, -0.25) is 0 Å². The van der Waals surface area contributed by atoms with Gasteiger partial charge in [0.1, 0.15) is 0 Å². The number of allylic oxidation sites excluding steroid dienone is 2. The van der Waals surface area contributed by atoms with Crippen LogP contribution >= 0.6 is 0 Å². The van der Waals surface area contributed by atoms with Gasteiger partial charge >= 0.3 is 16.5 Å². The molecule has 2 nitrogen and oxygen atoms in total. The largest absolute Gasteiger partial charge is 2.00 e. The second-order valence-electron chi connectivity index (χ2n) is 10.7. The first kappa shape index (κ1) is 40.6. The summed E-state index contributed by atoms with van der Waals surface area (Å²) in [5, 5.41) is 0. The standard InChI is InChI=1S/C36H48N2.2C2H5.Ni/c1-4-7-10-11-12-13-14-15-17-23-31-24-18-19-27-34(31)35-29-33(25-16-8-5-2)36(38(35)37)32-26-20-22-30(28-32)21-9-6-3;2*1-2;/h18-20,22,24,26-29H,4-13,16-17,21,23,25H2,1-3H3;2*1H2,2H3;/q;2*-1;+2. The van der Waals surface area contributed by atoms with Gasteiger partial charge in [-0.25, -0.2) is 4.70 Å². The Balaban J connectivity index is 0.00000338. The quantitative estimate of drug-likeness (QED) is 0.0583. The Morgan fingerprint density at radius 2 is 1.33 bits per heavy atom. The van der Waals surface area contributed by atoms with Crippen LogP contribution < -0.4 is 0 Å². The molecule has 238 valence electrons. The van der Waals surface area contributed by atoms with Crippen LogP contribution in [-0.2, 0) is 29.3 Å². The van der Waals surface area contributed by atoms with Crippen LogP contribution in [0.5, 0.6) is 0 Å². The summed E-state index contributed by atoms with van der Waals surface area (Å²) in [4.78, 5) is 0. The minimum atomic E-state index is 0. The van der Waals surface area contributed by atoms with E-state index >= 15 is 0 Å². The Bertz CT molecular complexity index is 1160. The fourth-order valence-electron chi connectivity index (χ4n) is 5.24. The molecule has 0 aliphatic carbocycles. The summed E-state index contributed by atoms with van der Waals surface area (Å²) in [5.41, 5.74) is 19.5. The van der Waals surface area contributed by atoms with Gasteiger partial charge in [-0.2, -0.15) is 13.8 Å². The third kappa shape index (κ3) is 14.3. The molecule has 0 atom stereocenters. The fraction of sp³-hybridized carbons (Fsp3) is 0.500. The molecular formula is C40H58N2Ni. The predicted octanol–water partition coefficient (Wildman–Crippen LogP) is 12.4. The molecule has 0 unspecified atom stereocenters. The predicted molar refractivity (Wildman–Crippen MR) is 186 cm³/mol. The molecule has 0 fully saturated rings. The van der Waals surface area contributed by atoms with Crippen LogP contribution in [-0.4, -0.2) is 4.70 Å². The number of rotatable bonds is 16. The molecule has 3 heteroatoms. The molecule has 1 heterocycles. The molecule has 0 saturated carbocycles. The van der Waals surface area contributed by atoms with E-state index in [0.717, 1.165) is 61.0 Å². The summed E-state index contributed by atoms with van der Waals surface area (Å²) < 4.78 is 1.46. The summed E-state index contributed by atoms with van der Waals surface area (Å²) in [7, 11) is 0. The molecular weight excluding hydrogens is 567 g/mol. The van der Waals surface area contributed by atoms with Gasteiger partial charge in [0, 0.05) is 35.6 Å². The summed E-state index contributed by atoms with van der Waals surface area (Å²) in [6, 6.07) is 17.3. The first-order valence-electron chi connectivity index (χ1n) is 16.7. The number of benzene rings is 2. The minimum Gasteiger partial charge on any atom is -0.493 e. The van der Waals surface area contributed by atoms with Crippen molar-refractivity contribution in [1.29, 1.82) is 0 Å². The van der Waals surface area contributed by atoms with Gasteiger partial charge in [-0.1, -0.05) is 96.0 Å². The number of unbranched alkanes of at least 4 members (excludes halogenated alkanes) is 8. The number of hydrogen-bond donors (Lipinski definition) is 0. The van der Waals surface area contributed by atoms with Gasteiger partial charge in [0.2, 0.25) is 11.4 Å². The second kappa shape index (κ2) is 26.0. The van der Waals surface area contributed by atoms with Gasteiger partial charge in [0.25, 0.3) is 0 Å². The van der Waals surface area contributed by atoms with E-state index in [-0.39, 0.29) is 16.5 Å². The average Bonchev–Trinajstić information content (AvgIpc) is 3.37. The zero-order valence-corrected chi connectivity index (χ0v) is 28.9. The molecule has 0 saturated heterocycles. The van der Waals surface area contributed by atoms with E-state index in [9.17, 15) is 5.53 Å². The minimum absolute atomic E-state index is 0. The van der Waals surface area contributed by atoms with Crippen molar-refractivity contribution >= 4 is 11.4 Å². The van der Waals surface area contributed by atoms with Crippen LogP contribution in [0.15, 0.2) is 60.2 Å². The van der Waals surface area contributed by atoms with Crippen LogP contribution in [0.25, 0.3) is 16.9 Å². The molecule has 2 aromatic carbocycles. The molecule has 0 N–H and O–H groups in total. The number of hydrogen-bond acceptors (Lipinski definition) is 0. The zero-order valence-electron chi connectivity index (χ0n) is 27.9. The van der Waals surface area contributed by atoms with Crippen molar-refractivity contribution in [2.24, 2.45) is 0 Å². The molecule has 0 radical (unpaired) electrons. The summed E-state index contributed by atoms with van der Waals surface area (Å²) in [5.74, 6) is 6.78. The van der Waals surface area contributed by atoms with Gasteiger partial charge in [-0.15, -0.1) is 11.8 Å². The average molecular weight is 626 g/mol. The van der Waals surface area contributed by atoms with Gasteiger partial charge in [0.05, 0.1) is 0 Å². The van der Waals surface area contributed by atoms with Crippen LogP contribution in [0.2, 0.25) is 0 Å². The van der Waals surface area contributed by atoms with Crippen molar-refractivity contribution in [3.05, 3.63) is 102 Å². The Labute approximate surface area is 276 Å². The van der Waals surface area contributed by atoms with Crippen LogP contribution in [0.1, 0.15) is 140 Å². The van der Waals surface area contributed by atoms with Crippen molar-refractivity contribution in [1.82, 2.24) is 0 Å². The van der Waals surface area contributed by atoms with Gasteiger partial charge in [0.15, 0.2) is 0 Å². The maximum absolute atomic E-state index is 11.6. The van der Waals surface area contributed by atoms with Crippen molar-refractivity contribution < 1.29 is 21.2 Å². The zero-order chi connectivity index (χ0) is 31.0. The third-order valence-corrected chi connectivity index (χ3v) is 7.47. The Morgan fingerprint density at radius 1 is 0.674 bits per heavy atom. The topological polar surface area (TPSA) is 25.3 Å². The molecule has 0 bridgehead atoms. The Kier molecular flexibility index (Phi) is 24.5. The second-order valence-corrected chi connectivity index (χ2v) is 10.7. The monoisotopic (exact) mass is 624 g/mol. The number of aryl methyl sites for hydroxylation is 2. The van der Waals surface area contributed by atoms with Crippen molar-refractivity contribution in [2.75, 3.05) is 0 Å². The summed E-state index contributed by atoms with van der Waals surface area (Å²) in [6.07, 6.45) is 19.4. The molecule has 43 heavy (non-hydrogen) atoms. The first-order chi connectivity index (χ1) is 20.7. The van der Waals surface area contributed by atoms with Crippen LogP contribution in [0.4, 0.5) is 0 Å². The molecule has 0 aromatic heterocycles. The normalized spacial score (nSPS) is 11.8. The van der Waals surface area contributed by atoms with Gasteiger partial charge in [-0.05, 0) is 67.9 Å². The van der Waals surface area contributed by atoms with E-state index in [0.29, 0.717) is 0 Å².